The predicted molar refractivity (Wildman–Crippen MR) is 270 cm³/mol. The number of hydrogen-bond acceptors (Lipinski definition) is 16. The van der Waals surface area contributed by atoms with Gasteiger partial charge in [0.25, 0.3) is 0 Å². The fourth-order valence-corrected chi connectivity index (χ4v) is 10.00. The Morgan fingerprint density at radius 3 is 2.32 bits per heavy atom. The highest BCUT2D eigenvalue weighted by Gasteiger charge is 2.25. The molecular weight excluding hydrogens is 923 g/mol. The summed E-state index contributed by atoms with van der Waals surface area (Å²) in [6.07, 6.45) is 5.47. The number of anilines is 8. The van der Waals surface area contributed by atoms with Crippen LogP contribution in [0.2, 0.25) is 5.02 Å². The number of sulfone groups is 1. The first kappa shape index (κ1) is 49.6. The van der Waals surface area contributed by atoms with Crippen LogP contribution < -0.4 is 30.7 Å². The number of carbonyl (C=O) groups excluding carboxylic acids is 1. The van der Waals surface area contributed by atoms with Gasteiger partial charge in [0.05, 0.1) is 54.9 Å². The molecule has 8 rings (SSSR count). The van der Waals surface area contributed by atoms with E-state index in [9.17, 15) is 17.6 Å². The third-order valence-electron chi connectivity index (χ3n) is 12.6. The molecule has 3 saturated heterocycles. The van der Waals surface area contributed by atoms with Crippen LogP contribution in [0, 0.1) is 5.82 Å². The Hall–Kier alpha value is -5.86. The van der Waals surface area contributed by atoms with Crippen LogP contribution in [0.3, 0.4) is 0 Å². The molecule has 3 aliphatic rings. The largest absolute Gasteiger partial charge is 0.379 e. The molecule has 5 aromatic rings. The monoisotopic (exact) mass is 984 g/mol. The molecule has 0 spiro atoms. The van der Waals surface area contributed by atoms with Crippen molar-refractivity contribution in [2.75, 3.05) is 129 Å². The molecule has 5 heterocycles. The van der Waals surface area contributed by atoms with Crippen LogP contribution in [0.15, 0.2) is 96.3 Å². The highest BCUT2D eigenvalue weighted by atomic mass is 35.5. The second kappa shape index (κ2) is 23.6. The molecule has 0 aliphatic carbocycles. The minimum atomic E-state index is -3.55. The maximum Gasteiger partial charge on any atom is 0.229 e. The number of piperazine rings is 2. The van der Waals surface area contributed by atoms with Gasteiger partial charge >= 0.3 is 0 Å². The summed E-state index contributed by atoms with van der Waals surface area (Å²) in [4.78, 5) is 42.1. The Labute approximate surface area is 409 Å². The minimum absolute atomic E-state index is 0.0868. The lowest BCUT2D eigenvalue weighted by Crippen LogP contribution is -2.49. The maximum absolute atomic E-state index is 13.8. The Balaban J connectivity index is 0.674. The van der Waals surface area contributed by atoms with Crippen molar-refractivity contribution in [3.8, 4) is 0 Å². The van der Waals surface area contributed by atoms with Crippen LogP contribution >= 0.6 is 11.6 Å². The Morgan fingerprint density at radius 1 is 0.797 bits per heavy atom. The van der Waals surface area contributed by atoms with Crippen molar-refractivity contribution >= 4 is 73.5 Å². The number of piperidine rings is 1. The van der Waals surface area contributed by atoms with E-state index in [0.717, 1.165) is 87.4 Å². The second-order valence-electron chi connectivity index (χ2n) is 17.6. The molecular formula is C49H62ClFN12O5S. The number of amides is 1. The van der Waals surface area contributed by atoms with Crippen LogP contribution in [0.4, 0.5) is 50.5 Å². The van der Waals surface area contributed by atoms with E-state index in [1.54, 1.807) is 56.6 Å². The van der Waals surface area contributed by atoms with Crippen molar-refractivity contribution < 1.29 is 27.1 Å². The van der Waals surface area contributed by atoms with Crippen molar-refractivity contribution in [1.29, 1.82) is 0 Å². The topological polar surface area (TPSA) is 174 Å². The molecule has 0 unspecified atom stereocenters. The number of halogens is 2. The highest BCUT2D eigenvalue weighted by Crippen LogP contribution is 2.31. The molecule has 0 saturated carbocycles. The lowest BCUT2D eigenvalue weighted by Gasteiger charge is -2.36. The maximum atomic E-state index is 13.8. The van der Waals surface area contributed by atoms with Crippen molar-refractivity contribution in [1.82, 2.24) is 29.7 Å². The summed E-state index contributed by atoms with van der Waals surface area (Å²) in [6, 6.07) is 23.6. The fraction of sp³-hybridized carbons (Fsp3) is 0.449. The normalized spacial score (nSPS) is 17.0. The first-order chi connectivity index (χ1) is 33.5. The lowest BCUT2D eigenvalue weighted by atomic mass is 10.0. The van der Waals surface area contributed by atoms with Crippen LogP contribution in [-0.4, -0.2) is 154 Å². The summed E-state index contributed by atoms with van der Waals surface area (Å²) >= 11 is 6.42. The molecule has 0 bridgehead atoms. The lowest BCUT2D eigenvalue weighted by molar-refractivity contribution is -0.132. The SMILES string of the molecule is CC(C)S(=O)(=O)c1ccccc1Nc1nc(Nc2ccc(N3CCN(C(=O)CCOCCOCCN4CCN(c5cc(N[C@@H]6CCCN(c7cccc(F)c7)C6)ncn5)CC4)CC3)cc2)ncc1Cl. The van der Waals surface area contributed by atoms with E-state index in [4.69, 9.17) is 21.1 Å². The molecule has 0 radical (unpaired) electrons. The van der Waals surface area contributed by atoms with E-state index < -0.39 is 15.1 Å². The fourth-order valence-electron chi connectivity index (χ4n) is 8.66. The van der Waals surface area contributed by atoms with Gasteiger partial charge in [-0.15, -0.1) is 0 Å². The zero-order chi connectivity index (χ0) is 48.2. The van der Waals surface area contributed by atoms with Gasteiger partial charge in [0.2, 0.25) is 11.9 Å². The molecule has 1 atom stereocenters. The van der Waals surface area contributed by atoms with Crippen LogP contribution in [0.5, 0.6) is 0 Å². The number of ether oxygens (including phenoxy) is 2. The summed E-state index contributed by atoms with van der Waals surface area (Å²) in [5, 5.41) is 9.52. The summed E-state index contributed by atoms with van der Waals surface area (Å²) < 4.78 is 51.4. The van der Waals surface area contributed by atoms with E-state index in [2.05, 4.69) is 55.5 Å². The van der Waals surface area contributed by atoms with Gasteiger partial charge in [-0.05, 0) is 81.3 Å². The van der Waals surface area contributed by atoms with E-state index in [1.165, 1.54) is 12.3 Å². The molecule has 2 aromatic heterocycles. The van der Waals surface area contributed by atoms with Gasteiger partial charge in [0.15, 0.2) is 15.7 Å². The number of aromatic nitrogens is 4. The van der Waals surface area contributed by atoms with Crippen molar-refractivity contribution in [2.45, 2.75) is 49.3 Å². The van der Waals surface area contributed by atoms with Gasteiger partial charge < -0.3 is 45.0 Å². The van der Waals surface area contributed by atoms with Gasteiger partial charge in [0, 0.05) is 101 Å². The van der Waals surface area contributed by atoms with Crippen molar-refractivity contribution in [3.05, 3.63) is 102 Å². The number of para-hydroxylation sites is 1. The molecule has 368 valence electrons. The van der Waals surface area contributed by atoms with Crippen LogP contribution in [-0.2, 0) is 24.1 Å². The number of hydrogen-bond donors (Lipinski definition) is 3. The second-order valence-corrected chi connectivity index (χ2v) is 20.5. The number of carbonyl (C=O) groups is 1. The number of rotatable bonds is 20. The van der Waals surface area contributed by atoms with Crippen molar-refractivity contribution in [3.63, 3.8) is 0 Å². The predicted octanol–water partition coefficient (Wildman–Crippen LogP) is 6.70. The standard InChI is InChI=1S/C49H62ClFN12O5S/c1-36(2)69(65,66)44-11-4-3-10-43(44)57-48-42(50)33-52-49(58-48)56-38-12-14-40(15-13-38)60-22-24-62(25-23-60)47(64)16-27-67-29-30-68-28-26-59-18-20-61(21-19-59)46-32-45(53-35-54-46)55-39-8-6-17-63(34-39)41-9-5-7-37(51)31-41/h3-5,7,9-15,31-33,35-36,39H,6,8,16-30,34H2,1-2H3,(H,53,54,55)(H2,52,56,57,58)/t39-/m1/s1. The summed E-state index contributed by atoms with van der Waals surface area (Å²) in [5.41, 5.74) is 3.10. The first-order valence-corrected chi connectivity index (χ1v) is 25.6. The average Bonchev–Trinajstić information content (AvgIpc) is 3.36. The third-order valence-corrected chi connectivity index (χ3v) is 15.1. The molecule has 1 amide bonds. The zero-order valence-electron chi connectivity index (χ0n) is 39.3. The highest BCUT2D eigenvalue weighted by molar-refractivity contribution is 7.92. The van der Waals surface area contributed by atoms with Crippen LogP contribution in [0.1, 0.15) is 33.1 Å². The van der Waals surface area contributed by atoms with Gasteiger partial charge in [-0.3, -0.25) is 9.69 Å². The Bertz CT molecular complexity index is 2580. The quantitative estimate of drug-likeness (QED) is 0.0703. The third kappa shape index (κ3) is 13.5. The smallest absolute Gasteiger partial charge is 0.229 e. The van der Waals surface area contributed by atoms with E-state index >= 15 is 0 Å². The first-order valence-electron chi connectivity index (χ1n) is 23.7. The Morgan fingerprint density at radius 2 is 1.55 bits per heavy atom. The van der Waals surface area contributed by atoms with Gasteiger partial charge in [-0.1, -0.05) is 29.8 Å². The zero-order valence-corrected chi connectivity index (χ0v) is 40.8. The molecule has 3 aromatic carbocycles. The van der Waals surface area contributed by atoms with Crippen LogP contribution in [0.25, 0.3) is 0 Å². The molecule has 3 N–H and O–H groups in total. The summed E-state index contributed by atoms with van der Waals surface area (Å²) in [6.45, 7) is 13.9. The summed E-state index contributed by atoms with van der Waals surface area (Å²) in [5.74, 6) is 2.16. The number of nitrogens with one attached hydrogen (secondary N) is 3. The molecule has 3 aliphatic heterocycles. The van der Waals surface area contributed by atoms with E-state index in [1.807, 2.05) is 41.3 Å². The van der Waals surface area contributed by atoms with E-state index in [-0.39, 0.29) is 33.5 Å². The van der Waals surface area contributed by atoms with Gasteiger partial charge in [0.1, 0.15) is 28.8 Å². The van der Waals surface area contributed by atoms with Gasteiger partial charge in [-0.2, -0.15) is 4.98 Å². The number of benzene rings is 3. The Kier molecular flexibility index (Phi) is 17.0. The molecule has 69 heavy (non-hydrogen) atoms. The molecule has 20 heteroatoms. The van der Waals surface area contributed by atoms with Crippen molar-refractivity contribution in [2.24, 2.45) is 0 Å². The average molecular weight is 986 g/mol. The summed E-state index contributed by atoms with van der Waals surface area (Å²) in [7, 11) is -3.55. The van der Waals surface area contributed by atoms with Gasteiger partial charge in [-0.25, -0.2) is 27.8 Å². The minimum Gasteiger partial charge on any atom is -0.379 e. The molecule has 3 fully saturated rings. The number of nitrogens with zero attached hydrogens (tertiary/aromatic N) is 9. The molecule has 17 nitrogen and oxygen atoms in total. The van der Waals surface area contributed by atoms with E-state index in [0.29, 0.717) is 70.7 Å².